The van der Waals surface area contributed by atoms with E-state index in [2.05, 4.69) is 5.32 Å². The summed E-state index contributed by atoms with van der Waals surface area (Å²) in [7, 11) is 0. The molecule has 1 aromatic rings. The molecule has 5 heteroatoms. The molecule has 1 aromatic heterocycles. The third-order valence-electron chi connectivity index (χ3n) is 2.92. The lowest BCUT2D eigenvalue weighted by Gasteiger charge is -2.27. The Morgan fingerprint density at radius 3 is 3.00 bits per heavy atom. The van der Waals surface area contributed by atoms with Crippen molar-refractivity contribution in [3.63, 3.8) is 0 Å². The summed E-state index contributed by atoms with van der Waals surface area (Å²) in [6, 6.07) is 1.25. The van der Waals surface area contributed by atoms with Crippen LogP contribution >= 0.6 is 0 Å². The van der Waals surface area contributed by atoms with Gasteiger partial charge in [-0.25, -0.2) is 4.79 Å². The molecule has 0 bridgehead atoms. The van der Waals surface area contributed by atoms with Crippen molar-refractivity contribution in [2.24, 2.45) is 0 Å². The molecule has 2 rings (SSSR count). The number of carboxylic acid groups (broad SMARTS) is 1. The second-order valence-corrected chi connectivity index (χ2v) is 4.00. The van der Waals surface area contributed by atoms with Crippen LogP contribution in [-0.2, 0) is 0 Å². The molecular weight excluding hydrogens is 210 g/mol. The number of carbonyl (C=O) groups is 1. The van der Waals surface area contributed by atoms with Gasteiger partial charge in [0, 0.05) is 6.04 Å². The van der Waals surface area contributed by atoms with Crippen LogP contribution in [0.1, 0.15) is 41.5 Å². The first-order valence-corrected chi connectivity index (χ1v) is 5.42. The second-order valence-electron chi connectivity index (χ2n) is 4.00. The van der Waals surface area contributed by atoms with E-state index in [0.717, 1.165) is 25.8 Å². The minimum Gasteiger partial charge on any atom is -0.478 e. The summed E-state index contributed by atoms with van der Waals surface area (Å²) in [5.41, 5.74) is 0.0415. The van der Waals surface area contributed by atoms with Gasteiger partial charge in [0.2, 0.25) is 0 Å². The van der Waals surface area contributed by atoms with Gasteiger partial charge in [0.05, 0.1) is 6.26 Å². The van der Waals surface area contributed by atoms with E-state index in [4.69, 9.17) is 9.52 Å². The summed E-state index contributed by atoms with van der Waals surface area (Å²) in [4.78, 5) is 10.9. The maximum atomic E-state index is 10.9. The maximum Gasteiger partial charge on any atom is 0.339 e. The number of aliphatic hydroxyl groups is 1. The van der Waals surface area contributed by atoms with E-state index in [0.29, 0.717) is 0 Å². The summed E-state index contributed by atoms with van der Waals surface area (Å²) in [5, 5.41) is 22.1. The average Bonchev–Trinajstić information content (AvgIpc) is 2.78. The van der Waals surface area contributed by atoms with Gasteiger partial charge in [0.1, 0.15) is 17.4 Å². The molecule has 0 saturated carbocycles. The van der Waals surface area contributed by atoms with Crippen LogP contribution in [0.3, 0.4) is 0 Å². The van der Waals surface area contributed by atoms with Crippen LogP contribution < -0.4 is 5.32 Å². The van der Waals surface area contributed by atoms with Gasteiger partial charge in [-0.1, -0.05) is 6.42 Å². The molecule has 2 unspecified atom stereocenters. The van der Waals surface area contributed by atoms with Crippen molar-refractivity contribution in [1.29, 1.82) is 0 Å². The van der Waals surface area contributed by atoms with Gasteiger partial charge in [0.15, 0.2) is 0 Å². The Morgan fingerprint density at radius 1 is 1.56 bits per heavy atom. The normalized spacial score (nSPS) is 22.9. The molecule has 0 spiro atoms. The molecule has 3 N–H and O–H groups in total. The fraction of sp³-hybridized carbons (Fsp3) is 0.545. The van der Waals surface area contributed by atoms with Crippen LogP contribution in [0.4, 0.5) is 0 Å². The number of carboxylic acids is 1. The third-order valence-corrected chi connectivity index (χ3v) is 2.92. The SMILES string of the molecule is O=C(O)c1ccoc1C(O)C1CCCCN1. The van der Waals surface area contributed by atoms with E-state index in [9.17, 15) is 9.90 Å². The number of rotatable bonds is 3. The Bertz CT molecular complexity index is 368. The quantitative estimate of drug-likeness (QED) is 0.718. The smallest absolute Gasteiger partial charge is 0.339 e. The van der Waals surface area contributed by atoms with E-state index < -0.39 is 12.1 Å². The molecule has 1 aliphatic heterocycles. The first-order valence-electron chi connectivity index (χ1n) is 5.42. The van der Waals surface area contributed by atoms with Gasteiger partial charge in [0.25, 0.3) is 0 Å². The molecule has 1 fully saturated rings. The number of aromatic carboxylic acids is 1. The molecule has 0 aliphatic carbocycles. The van der Waals surface area contributed by atoms with Crippen molar-refractivity contribution in [3.8, 4) is 0 Å². The number of hydrogen-bond acceptors (Lipinski definition) is 4. The molecule has 2 heterocycles. The highest BCUT2D eigenvalue weighted by Crippen LogP contribution is 2.26. The zero-order chi connectivity index (χ0) is 11.5. The standard InChI is InChI=1S/C11H15NO4/c13-9(8-3-1-2-5-12-8)10-7(11(14)15)4-6-16-10/h4,6,8-9,12-13H,1-3,5H2,(H,14,15). The Labute approximate surface area is 93.1 Å². The predicted octanol–water partition coefficient (Wildman–Crippen LogP) is 1.15. The van der Waals surface area contributed by atoms with E-state index in [1.54, 1.807) is 0 Å². The number of furan rings is 1. The Morgan fingerprint density at radius 2 is 2.38 bits per heavy atom. The van der Waals surface area contributed by atoms with Gasteiger partial charge in [-0.15, -0.1) is 0 Å². The van der Waals surface area contributed by atoms with E-state index in [1.165, 1.54) is 12.3 Å². The molecule has 0 aromatic carbocycles. The predicted molar refractivity (Wildman–Crippen MR) is 56.3 cm³/mol. The van der Waals surface area contributed by atoms with Gasteiger partial charge < -0.3 is 19.9 Å². The highest BCUT2D eigenvalue weighted by molar-refractivity contribution is 5.88. The molecule has 5 nitrogen and oxygen atoms in total. The lowest BCUT2D eigenvalue weighted by Crippen LogP contribution is -2.39. The average molecular weight is 225 g/mol. The Hall–Kier alpha value is -1.33. The molecule has 0 amide bonds. The highest BCUT2D eigenvalue weighted by Gasteiger charge is 2.28. The molecule has 1 aliphatic rings. The zero-order valence-corrected chi connectivity index (χ0v) is 8.85. The maximum absolute atomic E-state index is 10.9. The number of hydrogen-bond donors (Lipinski definition) is 3. The molecule has 2 atom stereocenters. The van der Waals surface area contributed by atoms with Crippen LogP contribution in [0.15, 0.2) is 16.7 Å². The highest BCUT2D eigenvalue weighted by atomic mass is 16.4. The van der Waals surface area contributed by atoms with Crippen molar-refractivity contribution in [2.75, 3.05) is 6.54 Å². The van der Waals surface area contributed by atoms with Crippen LogP contribution in [0.25, 0.3) is 0 Å². The van der Waals surface area contributed by atoms with E-state index in [1.807, 2.05) is 0 Å². The summed E-state index contributed by atoms with van der Waals surface area (Å²) >= 11 is 0. The van der Waals surface area contributed by atoms with Gasteiger partial charge in [-0.3, -0.25) is 0 Å². The van der Waals surface area contributed by atoms with Crippen LogP contribution in [0, 0.1) is 0 Å². The van der Waals surface area contributed by atoms with Crippen molar-refractivity contribution >= 4 is 5.97 Å². The van der Waals surface area contributed by atoms with Crippen molar-refractivity contribution < 1.29 is 19.4 Å². The van der Waals surface area contributed by atoms with Crippen LogP contribution in [-0.4, -0.2) is 28.8 Å². The number of nitrogens with one attached hydrogen (secondary N) is 1. The first-order chi connectivity index (χ1) is 7.70. The zero-order valence-electron chi connectivity index (χ0n) is 8.85. The monoisotopic (exact) mass is 225 g/mol. The fourth-order valence-corrected chi connectivity index (χ4v) is 2.06. The minimum absolute atomic E-state index is 0.0415. The third kappa shape index (κ3) is 2.10. The number of aliphatic hydroxyl groups excluding tert-OH is 1. The fourth-order valence-electron chi connectivity index (χ4n) is 2.06. The Kier molecular flexibility index (Phi) is 3.26. The lowest BCUT2D eigenvalue weighted by molar-refractivity contribution is 0.0660. The van der Waals surface area contributed by atoms with E-state index >= 15 is 0 Å². The van der Waals surface area contributed by atoms with Gasteiger partial charge in [-0.05, 0) is 25.5 Å². The molecule has 1 saturated heterocycles. The lowest BCUT2D eigenvalue weighted by atomic mass is 9.97. The first kappa shape index (κ1) is 11.2. The topological polar surface area (TPSA) is 82.7 Å². The minimum atomic E-state index is -1.07. The van der Waals surface area contributed by atoms with Gasteiger partial charge in [-0.2, -0.15) is 0 Å². The summed E-state index contributed by atoms with van der Waals surface area (Å²) in [6.07, 6.45) is 3.37. The molecule has 16 heavy (non-hydrogen) atoms. The molecular formula is C11H15NO4. The van der Waals surface area contributed by atoms with Crippen LogP contribution in [0.2, 0.25) is 0 Å². The number of piperidine rings is 1. The van der Waals surface area contributed by atoms with Gasteiger partial charge >= 0.3 is 5.97 Å². The summed E-state index contributed by atoms with van der Waals surface area (Å²) in [5.74, 6) is -0.925. The van der Waals surface area contributed by atoms with Crippen molar-refractivity contribution in [3.05, 3.63) is 23.7 Å². The van der Waals surface area contributed by atoms with E-state index in [-0.39, 0.29) is 17.4 Å². The Balaban J connectivity index is 2.15. The second kappa shape index (κ2) is 4.67. The van der Waals surface area contributed by atoms with Crippen LogP contribution in [0.5, 0.6) is 0 Å². The van der Waals surface area contributed by atoms with Crippen molar-refractivity contribution in [1.82, 2.24) is 5.32 Å². The largest absolute Gasteiger partial charge is 0.478 e. The molecule has 0 radical (unpaired) electrons. The van der Waals surface area contributed by atoms with Crippen molar-refractivity contribution in [2.45, 2.75) is 31.4 Å². The molecule has 88 valence electrons. The summed E-state index contributed by atoms with van der Waals surface area (Å²) in [6.45, 7) is 0.852. The summed E-state index contributed by atoms with van der Waals surface area (Å²) < 4.78 is 5.07.